The number of carbonyl (C=O) groups is 1. The van der Waals surface area contributed by atoms with Crippen molar-refractivity contribution in [3.8, 4) is 0 Å². The maximum atomic E-state index is 10.3. The van der Waals surface area contributed by atoms with Crippen molar-refractivity contribution < 1.29 is 9.32 Å². The van der Waals surface area contributed by atoms with Gasteiger partial charge in [-0.1, -0.05) is 12.1 Å². The number of aryl methyl sites for hydroxylation is 1. The number of hydrogen-bond donors (Lipinski definition) is 0. The van der Waals surface area contributed by atoms with Gasteiger partial charge in [-0.15, -0.1) is 0 Å². The van der Waals surface area contributed by atoms with E-state index in [1.165, 1.54) is 0 Å². The van der Waals surface area contributed by atoms with Crippen LogP contribution in [0.25, 0.3) is 0 Å². The predicted octanol–water partition coefficient (Wildman–Crippen LogP) is 1.36. The van der Waals surface area contributed by atoms with Crippen LogP contribution in [0.4, 0.5) is 0 Å². The molecule has 1 unspecified atom stereocenters. The lowest BCUT2D eigenvalue weighted by molar-refractivity contribution is -0.110. The zero-order valence-corrected chi connectivity index (χ0v) is 6.70. The minimum atomic E-state index is 0.0273. The normalized spacial score (nSPS) is 12.9. The fourth-order valence-corrected chi connectivity index (χ4v) is 0.892. The van der Waals surface area contributed by atoms with E-state index in [4.69, 9.17) is 4.52 Å². The third-order valence-electron chi connectivity index (χ3n) is 1.44. The van der Waals surface area contributed by atoms with Gasteiger partial charge in [0, 0.05) is 18.4 Å². The quantitative estimate of drug-likeness (QED) is 0.616. The fourth-order valence-electron chi connectivity index (χ4n) is 0.892. The van der Waals surface area contributed by atoms with E-state index in [-0.39, 0.29) is 5.92 Å². The Labute approximate surface area is 65.4 Å². The van der Waals surface area contributed by atoms with E-state index in [0.717, 1.165) is 17.7 Å². The first kappa shape index (κ1) is 7.98. The maximum absolute atomic E-state index is 10.3. The van der Waals surface area contributed by atoms with Gasteiger partial charge in [-0.3, -0.25) is 0 Å². The van der Waals surface area contributed by atoms with E-state index in [1.54, 1.807) is 0 Å². The van der Waals surface area contributed by atoms with Crippen LogP contribution in [-0.4, -0.2) is 11.4 Å². The first-order valence-electron chi connectivity index (χ1n) is 3.60. The van der Waals surface area contributed by atoms with Gasteiger partial charge in [-0.05, 0) is 6.92 Å². The summed E-state index contributed by atoms with van der Waals surface area (Å²) in [5.41, 5.74) is 0.849. The molecule has 3 heteroatoms. The van der Waals surface area contributed by atoms with Crippen molar-refractivity contribution in [1.29, 1.82) is 0 Å². The second kappa shape index (κ2) is 3.32. The topological polar surface area (TPSA) is 43.1 Å². The second-order valence-electron chi connectivity index (χ2n) is 2.75. The Morgan fingerprint density at radius 2 is 2.55 bits per heavy atom. The SMILES string of the molecule is Cc1cc(CC(C)C=O)no1. The van der Waals surface area contributed by atoms with Crippen molar-refractivity contribution in [3.63, 3.8) is 0 Å². The minimum absolute atomic E-state index is 0.0273. The van der Waals surface area contributed by atoms with E-state index < -0.39 is 0 Å². The van der Waals surface area contributed by atoms with Crippen LogP contribution in [-0.2, 0) is 11.2 Å². The fraction of sp³-hybridized carbons (Fsp3) is 0.500. The molecule has 0 aliphatic heterocycles. The molecule has 11 heavy (non-hydrogen) atoms. The number of rotatable bonds is 3. The number of nitrogens with zero attached hydrogens (tertiary/aromatic N) is 1. The summed E-state index contributed by atoms with van der Waals surface area (Å²) in [4.78, 5) is 10.3. The summed E-state index contributed by atoms with van der Waals surface area (Å²) in [7, 11) is 0. The van der Waals surface area contributed by atoms with Gasteiger partial charge in [0.1, 0.15) is 12.0 Å². The van der Waals surface area contributed by atoms with Crippen LogP contribution < -0.4 is 0 Å². The van der Waals surface area contributed by atoms with E-state index in [2.05, 4.69) is 5.16 Å². The van der Waals surface area contributed by atoms with Gasteiger partial charge >= 0.3 is 0 Å². The first-order valence-corrected chi connectivity index (χ1v) is 3.60. The maximum Gasteiger partial charge on any atom is 0.133 e. The van der Waals surface area contributed by atoms with Crippen LogP contribution in [0, 0.1) is 12.8 Å². The summed E-state index contributed by atoms with van der Waals surface area (Å²) in [5.74, 6) is 0.817. The van der Waals surface area contributed by atoms with Crippen LogP contribution in [0.3, 0.4) is 0 Å². The number of hydrogen-bond acceptors (Lipinski definition) is 3. The molecular weight excluding hydrogens is 142 g/mol. The van der Waals surface area contributed by atoms with Crippen LogP contribution in [0.2, 0.25) is 0 Å². The summed E-state index contributed by atoms with van der Waals surface area (Å²) < 4.78 is 4.84. The third kappa shape index (κ3) is 2.18. The first-order chi connectivity index (χ1) is 5.22. The van der Waals surface area contributed by atoms with E-state index in [9.17, 15) is 4.79 Å². The summed E-state index contributed by atoms with van der Waals surface area (Å²) >= 11 is 0. The smallest absolute Gasteiger partial charge is 0.133 e. The molecule has 0 aliphatic carbocycles. The standard InChI is InChI=1S/C8H11NO2/c1-6(5-10)3-8-4-7(2)11-9-8/h4-6H,3H2,1-2H3. The highest BCUT2D eigenvalue weighted by Gasteiger charge is 2.05. The van der Waals surface area contributed by atoms with Gasteiger partial charge in [0.15, 0.2) is 0 Å². The summed E-state index contributed by atoms with van der Waals surface area (Å²) in [6.45, 7) is 3.69. The zero-order valence-electron chi connectivity index (χ0n) is 6.70. The Kier molecular flexibility index (Phi) is 2.41. The lowest BCUT2D eigenvalue weighted by Gasteiger charge is -1.95. The van der Waals surface area contributed by atoms with Gasteiger partial charge in [-0.25, -0.2) is 0 Å². The Morgan fingerprint density at radius 3 is 3.00 bits per heavy atom. The molecule has 0 N–H and O–H groups in total. The lowest BCUT2D eigenvalue weighted by Crippen LogP contribution is -2.00. The molecule has 60 valence electrons. The monoisotopic (exact) mass is 153 g/mol. The van der Waals surface area contributed by atoms with Crippen molar-refractivity contribution in [3.05, 3.63) is 17.5 Å². The average Bonchev–Trinajstić information content (AvgIpc) is 2.35. The molecule has 1 heterocycles. The van der Waals surface area contributed by atoms with Gasteiger partial charge in [0.2, 0.25) is 0 Å². The lowest BCUT2D eigenvalue weighted by atomic mass is 10.1. The van der Waals surface area contributed by atoms with Crippen LogP contribution in [0.15, 0.2) is 10.6 Å². The molecular formula is C8H11NO2. The van der Waals surface area contributed by atoms with Crippen LogP contribution in [0.5, 0.6) is 0 Å². The summed E-state index contributed by atoms with van der Waals surface area (Å²) in [6, 6.07) is 1.85. The van der Waals surface area contributed by atoms with E-state index >= 15 is 0 Å². The molecule has 1 aromatic rings. The third-order valence-corrected chi connectivity index (χ3v) is 1.44. The van der Waals surface area contributed by atoms with Gasteiger partial charge in [0.25, 0.3) is 0 Å². The van der Waals surface area contributed by atoms with Crippen LogP contribution in [0.1, 0.15) is 18.4 Å². The van der Waals surface area contributed by atoms with Gasteiger partial charge < -0.3 is 9.32 Å². The average molecular weight is 153 g/mol. The highest BCUT2D eigenvalue weighted by molar-refractivity contribution is 5.53. The Morgan fingerprint density at radius 1 is 1.82 bits per heavy atom. The Hall–Kier alpha value is -1.12. The predicted molar refractivity (Wildman–Crippen MR) is 40.2 cm³/mol. The largest absolute Gasteiger partial charge is 0.361 e. The highest BCUT2D eigenvalue weighted by atomic mass is 16.5. The Bertz CT molecular complexity index is 242. The molecule has 0 aliphatic rings. The zero-order chi connectivity index (χ0) is 8.27. The van der Waals surface area contributed by atoms with E-state index in [1.807, 2.05) is 19.9 Å². The molecule has 1 aromatic heterocycles. The molecule has 0 radical (unpaired) electrons. The molecule has 1 rings (SSSR count). The molecule has 0 aromatic carbocycles. The van der Waals surface area contributed by atoms with Crippen molar-refractivity contribution in [2.45, 2.75) is 20.3 Å². The number of aromatic nitrogens is 1. The van der Waals surface area contributed by atoms with E-state index in [0.29, 0.717) is 6.42 Å². The van der Waals surface area contributed by atoms with Crippen molar-refractivity contribution >= 4 is 6.29 Å². The Balaban J connectivity index is 2.57. The molecule has 0 spiro atoms. The summed E-state index contributed by atoms with van der Waals surface area (Å²) in [5, 5.41) is 3.77. The van der Waals surface area contributed by atoms with Gasteiger partial charge in [0.05, 0.1) is 5.69 Å². The molecule has 0 saturated heterocycles. The molecule has 0 bridgehead atoms. The number of carbonyl (C=O) groups excluding carboxylic acids is 1. The molecule has 0 amide bonds. The van der Waals surface area contributed by atoms with Crippen molar-refractivity contribution in [2.75, 3.05) is 0 Å². The second-order valence-corrected chi connectivity index (χ2v) is 2.75. The van der Waals surface area contributed by atoms with Gasteiger partial charge in [-0.2, -0.15) is 0 Å². The van der Waals surface area contributed by atoms with Crippen molar-refractivity contribution in [2.24, 2.45) is 5.92 Å². The highest BCUT2D eigenvalue weighted by Crippen LogP contribution is 2.06. The molecule has 1 atom stereocenters. The molecule has 0 saturated carbocycles. The summed E-state index contributed by atoms with van der Waals surface area (Å²) in [6.07, 6.45) is 1.59. The van der Waals surface area contributed by atoms with Crippen LogP contribution >= 0.6 is 0 Å². The number of aldehydes is 1. The molecule has 3 nitrogen and oxygen atoms in total. The molecule has 0 fully saturated rings. The minimum Gasteiger partial charge on any atom is -0.361 e. The van der Waals surface area contributed by atoms with Crippen molar-refractivity contribution in [1.82, 2.24) is 5.16 Å².